The largest absolute Gasteiger partial charge is 0.496 e. The molecule has 0 N–H and O–H groups in total. The number of hydrogen-bond acceptors (Lipinski definition) is 10. The Morgan fingerprint density at radius 2 is 1.26 bits per heavy atom. The number of Topliss-reactive ketones (excluding diaryl/α,β-unsaturated/α-hetero) is 1. The number of esters is 3. The van der Waals surface area contributed by atoms with Gasteiger partial charge in [0.05, 0.1) is 66.9 Å². The topological polar surface area (TPSA) is 124 Å². The lowest BCUT2D eigenvalue weighted by Crippen LogP contribution is -2.32. The van der Waals surface area contributed by atoms with Crippen molar-refractivity contribution in [2.75, 3.05) is 28.4 Å². The highest BCUT2D eigenvalue weighted by Gasteiger charge is 2.41. The van der Waals surface area contributed by atoms with Crippen molar-refractivity contribution < 1.29 is 47.6 Å². The van der Waals surface area contributed by atoms with E-state index in [1.54, 1.807) is 59.7 Å². The highest BCUT2D eigenvalue weighted by Crippen LogP contribution is 2.56. The van der Waals surface area contributed by atoms with Crippen molar-refractivity contribution >= 4 is 45.2 Å². The van der Waals surface area contributed by atoms with E-state index in [2.05, 4.69) is 0 Å². The Morgan fingerprint density at radius 3 is 1.77 bits per heavy atom. The Labute approximate surface area is 250 Å². The summed E-state index contributed by atoms with van der Waals surface area (Å²) in [4.78, 5) is 53.6. The van der Waals surface area contributed by atoms with Gasteiger partial charge in [-0.1, -0.05) is 12.1 Å². The van der Waals surface area contributed by atoms with Gasteiger partial charge >= 0.3 is 17.9 Å². The van der Waals surface area contributed by atoms with Gasteiger partial charge in [-0.2, -0.15) is 0 Å². The van der Waals surface area contributed by atoms with E-state index in [4.69, 9.17) is 28.4 Å². The Morgan fingerprint density at radius 1 is 0.698 bits per heavy atom. The van der Waals surface area contributed by atoms with E-state index in [0.29, 0.717) is 16.5 Å². The standard InChI is InChI=1S/C33H38O10/c1-32(2,3)30(36)42-26-18-14-16(29(35)41-10)15-19(34)21(18)28(43-31(37)33(4,5)6)24-23(26)25(39-8)17-12-11-13-20(38-7)22(17)27(24)40-9/h11-13,16H,14-15H2,1-10H3. The Kier molecular flexibility index (Phi) is 8.37. The van der Waals surface area contributed by atoms with Crippen molar-refractivity contribution in [3.8, 4) is 28.7 Å². The van der Waals surface area contributed by atoms with Gasteiger partial charge in [0.2, 0.25) is 0 Å². The lowest BCUT2D eigenvalue weighted by molar-refractivity contribution is -0.145. The van der Waals surface area contributed by atoms with E-state index >= 15 is 0 Å². The van der Waals surface area contributed by atoms with E-state index in [-0.39, 0.29) is 57.7 Å². The maximum Gasteiger partial charge on any atom is 0.316 e. The second-order valence-electron chi connectivity index (χ2n) is 12.5. The van der Waals surface area contributed by atoms with Gasteiger partial charge in [0.15, 0.2) is 11.5 Å². The molecule has 1 aliphatic carbocycles. The summed E-state index contributed by atoms with van der Waals surface area (Å²) in [5.74, 6) is -2.26. The Hall–Kier alpha value is -4.34. The van der Waals surface area contributed by atoms with Crippen molar-refractivity contribution in [1.29, 1.82) is 0 Å². The molecule has 43 heavy (non-hydrogen) atoms. The third kappa shape index (κ3) is 5.46. The molecule has 3 aromatic rings. The van der Waals surface area contributed by atoms with E-state index in [1.807, 2.05) is 0 Å². The van der Waals surface area contributed by atoms with Crippen molar-refractivity contribution in [3.63, 3.8) is 0 Å². The van der Waals surface area contributed by atoms with Gasteiger partial charge in [-0.15, -0.1) is 0 Å². The first-order valence-electron chi connectivity index (χ1n) is 13.9. The van der Waals surface area contributed by atoms with Gasteiger partial charge in [0.1, 0.15) is 23.0 Å². The van der Waals surface area contributed by atoms with Crippen LogP contribution in [0, 0.1) is 16.7 Å². The van der Waals surface area contributed by atoms with Crippen LogP contribution in [0.15, 0.2) is 18.2 Å². The molecule has 1 atom stereocenters. The first kappa shape index (κ1) is 31.6. The summed E-state index contributed by atoms with van der Waals surface area (Å²) in [6, 6.07) is 5.30. The van der Waals surface area contributed by atoms with Crippen LogP contribution in [0.3, 0.4) is 0 Å². The lowest BCUT2D eigenvalue weighted by atomic mass is 9.79. The first-order chi connectivity index (χ1) is 20.1. The van der Waals surface area contributed by atoms with Gasteiger partial charge in [0, 0.05) is 17.4 Å². The number of ketones is 1. The van der Waals surface area contributed by atoms with Crippen LogP contribution in [0.4, 0.5) is 0 Å². The fraction of sp³-hybridized carbons (Fsp3) is 0.455. The monoisotopic (exact) mass is 594 g/mol. The number of carbonyl (C=O) groups is 4. The van der Waals surface area contributed by atoms with Crippen molar-refractivity contribution in [1.82, 2.24) is 0 Å². The summed E-state index contributed by atoms with van der Waals surface area (Å²) in [6.07, 6.45) is -0.216. The van der Waals surface area contributed by atoms with Gasteiger partial charge in [-0.3, -0.25) is 19.2 Å². The van der Waals surface area contributed by atoms with Crippen LogP contribution in [-0.2, 0) is 25.5 Å². The predicted octanol–water partition coefficient (Wildman–Crippen LogP) is 5.84. The molecule has 4 rings (SSSR count). The van der Waals surface area contributed by atoms with E-state index in [9.17, 15) is 19.2 Å². The molecule has 0 amide bonds. The Bertz CT molecular complexity index is 1650. The van der Waals surface area contributed by atoms with Gasteiger partial charge in [-0.05, 0) is 54.0 Å². The zero-order chi connectivity index (χ0) is 32.0. The quantitative estimate of drug-likeness (QED) is 0.195. The molecule has 230 valence electrons. The van der Waals surface area contributed by atoms with E-state index < -0.39 is 40.4 Å². The lowest BCUT2D eigenvalue weighted by Gasteiger charge is -2.30. The summed E-state index contributed by atoms with van der Waals surface area (Å²) < 4.78 is 34.8. The molecule has 0 spiro atoms. The summed E-state index contributed by atoms with van der Waals surface area (Å²) in [5, 5.41) is 1.48. The maximum atomic E-state index is 14.0. The zero-order valence-corrected chi connectivity index (χ0v) is 26.3. The molecule has 10 nitrogen and oxygen atoms in total. The predicted molar refractivity (Wildman–Crippen MR) is 159 cm³/mol. The summed E-state index contributed by atoms with van der Waals surface area (Å²) >= 11 is 0. The fourth-order valence-corrected chi connectivity index (χ4v) is 5.16. The zero-order valence-electron chi connectivity index (χ0n) is 26.3. The molecular formula is C33H38O10. The van der Waals surface area contributed by atoms with Crippen LogP contribution in [0.25, 0.3) is 21.5 Å². The second kappa shape index (κ2) is 11.4. The van der Waals surface area contributed by atoms with Crippen LogP contribution >= 0.6 is 0 Å². The average Bonchev–Trinajstić information content (AvgIpc) is 2.95. The third-order valence-electron chi connectivity index (χ3n) is 7.40. The summed E-state index contributed by atoms with van der Waals surface area (Å²) in [5.41, 5.74) is -1.63. The molecule has 1 aliphatic rings. The second-order valence-corrected chi connectivity index (χ2v) is 12.5. The molecule has 0 saturated heterocycles. The fourth-order valence-electron chi connectivity index (χ4n) is 5.16. The molecule has 0 radical (unpaired) electrons. The SMILES string of the molecule is COC(=O)C1CC(=O)c2c(c(OC(=O)C(C)(C)C)c3c(OC)c4cccc(OC)c4c(OC)c3c2OC(=O)C(C)(C)C)C1. The molecule has 0 bridgehead atoms. The van der Waals surface area contributed by atoms with Crippen LogP contribution in [0.5, 0.6) is 28.7 Å². The number of fused-ring (bicyclic) bond motifs is 3. The van der Waals surface area contributed by atoms with Crippen molar-refractivity contribution in [3.05, 3.63) is 29.3 Å². The van der Waals surface area contributed by atoms with Crippen molar-refractivity contribution in [2.45, 2.75) is 54.4 Å². The smallest absolute Gasteiger partial charge is 0.316 e. The summed E-state index contributed by atoms with van der Waals surface area (Å²) in [6.45, 7) is 10.2. The first-order valence-corrected chi connectivity index (χ1v) is 13.9. The molecule has 0 aliphatic heterocycles. The molecular weight excluding hydrogens is 556 g/mol. The maximum absolute atomic E-state index is 14.0. The highest BCUT2D eigenvalue weighted by molar-refractivity contribution is 6.21. The molecule has 0 aromatic heterocycles. The minimum absolute atomic E-state index is 0.0157. The molecule has 0 heterocycles. The average molecular weight is 595 g/mol. The molecule has 0 fully saturated rings. The minimum atomic E-state index is -0.950. The molecule has 10 heteroatoms. The number of hydrogen-bond donors (Lipinski definition) is 0. The minimum Gasteiger partial charge on any atom is -0.496 e. The van der Waals surface area contributed by atoms with Gasteiger partial charge < -0.3 is 28.4 Å². The van der Waals surface area contributed by atoms with Gasteiger partial charge in [-0.25, -0.2) is 0 Å². The molecule has 0 saturated carbocycles. The number of carbonyl (C=O) groups excluding carboxylic acids is 4. The third-order valence-corrected chi connectivity index (χ3v) is 7.40. The normalized spacial score (nSPS) is 15.1. The van der Waals surface area contributed by atoms with Gasteiger partial charge in [0.25, 0.3) is 0 Å². The summed E-state index contributed by atoms with van der Waals surface area (Å²) in [7, 11) is 5.65. The number of methoxy groups -OCH3 is 4. The van der Waals surface area contributed by atoms with Crippen LogP contribution in [0.2, 0.25) is 0 Å². The Balaban J connectivity index is 2.34. The van der Waals surface area contributed by atoms with Crippen LogP contribution < -0.4 is 23.7 Å². The number of benzene rings is 3. The van der Waals surface area contributed by atoms with E-state index in [1.165, 1.54) is 28.4 Å². The van der Waals surface area contributed by atoms with E-state index in [0.717, 1.165) is 0 Å². The number of rotatable bonds is 6. The highest BCUT2D eigenvalue weighted by atomic mass is 16.5. The molecule has 3 aromatic carbocycles. The molecule has 1 unspecified atom stereocenters. The van der Waals surface area contributed by atoms with Crippen LogP contribution in [0.1, 0.15) is 63.9 Å². The van der Waals surface area contributed by atoms with Crippen LogP contribution in [-0.4, -0.2) is 52.1 Å². The van der Waals surface area contributed by atoms with Crippen molar-refractivity contribution in [2.24, 2.45) is 16.7 Å². The number of ether oxygens (including phenoxy) is 6.